The molecule has 1 heterocycles. The van der Waals surface area contributed by atoms with Gasteiger partial charge in [0.25, 0.3) is 11.8 Å². The molecule has 112 valence electrons. The fourth-order valence-electron chi connectivity index (χ4n) is 2.26. The van der Waals surface area contributed by atoms with Crippen LogP contribution in [0.4, 0.5) is 5.69 Å². The van der Waals surface area contributed by atoms with Crippen molar-refractivity contribution >= 4 is 29.3 Å². The summed E-state index contributed by atoms with van der Waals surface area (Å²) in [5.74, 6) is 0.165. The number of nitrogen functional groups attached to an aromatic ring is 1. The van der Waals surface area contributed by atoms with Gasteiger partial charge in [0.2, 0.25) is 0 Å². The SMILES string of the molecule is COc1ccc(Sc2cc3c(cc2N)C(=O)N(C)C3=O)cc1. The monoisotopic (exact) mass is 314 g/mol. The smallest absolute Gasteiger partial charge is 0.261 e. The fraction of sp³-hybridized carbons (Fsp3) is 0.125. The summed E-state index contributed by atoms with van der Waals surface area (Å²) >= 11 is 1.44. The van der Waals surface area contributed by atoms with Crippen LogP contribution in [0.5, 0.6) is 5.75 Å². The largest absolute Gasteiger partial charge is 0.497 e. The minimum Gasteiger partial charge on any atom is -0.497 e. The molecule has 0 bridgehead atoms. The Kier molecular flexibility index (Phi) is 3.54. The number of methoxy groups -OCH3 is 1. The molecule has 1 aliphatic heterocycles. The molecule has 0 unspecified atom stereocenters. The van der Waals surface area contributed by atoms with Crippen molar-refractivity contribution in [3.05, 3.63) is 47.5 Å². The second kappa shape index (κ2) is 5.38. The third-order valence-electron chi connectivity index (χ3n) is 3.51. The quantitative estimate of drug-likeness (QED) is 0.696. The van der Waals surface area contributed by atoms with Crippen molar-refractivity contribution in [2.45, 2.75) is 9.79 Å². The van der Waals surface area contributed by atoms with Crippen LogP contribution in [0, 0.1) is 0 Å². The highest BCUT2D eigenvalue weighted by Gasteiger charge is 2.33. The van der Waals surface area contributed by atoms with E-state index in [-0.39, 0.29) is 11.8 Å². The summed E-state index contributed by atoms with van der Waals surface area (Å²) in [5.41, 5.74) is 7.27. The van der Waals surface area contributed by atoms with E-state index in [4.69, 9.17) is 10.5 Å². The topological polar surface area (TPSA) is 72.6 Å². The molecule has 1 aliphatic rings. The number of fused-ring (bicyclic) bond motifs is 1. The number of carbonyl (C=O) groups excluding carboxylic acids is 2. The van der Waals surface area contributed by atoms with Crippen molar-refractivity contribution in [1.82, 2.24) is 4.90 Å². The normalized spacial score (nSPS) is 13.5. The third kappa shape index (κ3) is 2.31. The lowest BCUT2D eigenvalue weighted by molar-refractivity contribution is 0.0693. The lowest BCUT2D eigenvalue weighted by Gasteiger charge is -2.08. The zero-order chi connectivity index (χ0) is 15.9. The van der Waals surface area contributed by atoms with Gasteiger partial charge in [-0.25, -0.2) is 0 Å². The molecule has 0 spiro atoms. The van der Waals surface area contributed by atoms with Gasteiger partial charge in [-0.15, -0.1) is 0 Å². The second-order valence-electron chi connectivity index (χ2n) is 4.88. The van der Waals surface area contributed by atoms with E-state index >= 15 is 0 Å². The minimum absolute atomic E-state index is 0.295. The van der Waals surface area contributed by atoms with Gasteiger partial charge in [-0.05, 0) is 36.4 Å². The van der Waals surface area contributed by atoms with Gasteiger partial charge < -0.3 is 10.5 Å². The van der Waals surface area contributed by atoms with Gasteiger partial charge in [-0.2, -0.15) is 0 Å². The molecule has 0 aliphatic carbocycles. The van der Waals surface area contributed by atoms with Crippen LogP contribution < -0.4 is 10.5 Å². The maximum absolute atomic E-state index is 12.0. The Hall–Kier alpha value is -2.47. The summed E-state index contributed by atoms with van der Waals surface area (Å²) in [4.78, 5) is 26.8. The number of anilines is 1. The van der Waals surface area contributed by atoms with Gasteiger partial charge in [0, 0.05) is 22.5 Å². The molecule has 0 saturated heterocycles. The molecule has 6 heteroatoms. The van der Waals surface area contributed by atoms with Gasteiger partial charge in [0.15, 0.2) is 0 Å². The molecule has 0 saturated carbocycles. The molecular weight excluding hydrogens is 300 g/mol. The third-order valence-corrected chi connectivity index (χ3v) is 4.59. The van der Waals surface area contributed by atoms with Crippen LogP contribution in [0.15, 0.2) is 46.2 Å². The van der Waals surface area contributed by atoms with Crippen LogP contribution in [0.25, 0.3) is 0 Å². The lowest BCUT2D eigenvalue weighted by Crippen LogP contribution is -2.24. The summed E-state index contributed by atoms with van der Waals surface area (Å²) in [6.07, 6.45) is 0. The minimum atomic E-state index is -0.312. The Morgan fingerprint density at radius 3 is 2.23 bits per heavy atom. The van der Waals surface area contributed by atoms with E-state index in [0.717, 1.165) is 20.4 Å². The Bertz CT molecular complexity index is 772. The number of imide groups is 1. The molecule has 2 amide bonds. The number of benzene rings is 2. The fourth-order valence-corrected chi connectivity index (χ4v) is 3.14. The van der Waals surface area contributed by atoms with Crippen molar-refractivity contribution in [3.8, 4) is 5.75 Å². The van der Waals surface area contributed by atoms with E-state index in [9.17, 15) is 9.59 Å². The number of ether oxygens (including phenoxy) is 1. The van der Waals surface area contributed by atoms with Crippen LogP contribution in [-0.2, 0) is 0 Å². The Morgan fingerprint density at radius 2 is 1.64 bits per heavy atom. The van der Waals surface area contributed by atoms with Gasteiger partial charge in [-0.1, -0.05) is 11.8 Å². The molecule has 0 fully saturated rings. The first-order chi connectivity index (χ1) is 10.5. The van der Waals surface area contributed by atoms with E-state index < -0.39 is 0 Å². The van der Waals surface area contributed by atoms with E-state index in [1.54, 1.807) is 19.2 Å². The number of nitrogens with zero attached hydrogens (tertiary/aromatic N) is 1. The van der Waals surface area contributed by atoms with Gasteiger partial charge >= 0.3 is 0 Å². The highest BCUT2D eigenvalue weighted by molar-refractivity contribution is 7.99. The number of hydrogen-bond donors (Lipinski definition) is 1. The Labute approximate surface area is 132 Å². The van der Waals surface area contributed by atoms with Crippen molar-refractivity contribution in [2.24, 2.45) is 0 Å². The van der Waals surface area contributed by atoms with E-state index in [1.165, 1.54) is 18.8 Å². The predicted octanol–water partition coefficient (Wildman–Crippen LogP) is 2.65. The van der Waals surface area contributed by atoms with Crippen molar-refractivity contribution in [3.63, 3.8) is 0 Å². The molecule has 3 rings (SSSR count). The molecule has 2 aromatic carbocycles. The highest BCUT2D eigenvalue weighted by Crippen LogP contribution is 2.36. The Morgan fingerprint density at radius 1 is 1.05 bits per heavy atom. The van der Waals surface area contributed by atoms with Crippen LogP contribution >= 0.6 is 11.8 Å². The molecule has 2 N–H and O–H groups in total. The summed E-state index contributed by atoms with van der Waals surface area (Å²) in [6.45, 7) is 0. The standard InChI is InChI=1S/C16H14N2O3S/c1-18-15(19)11-7-13(17)14(8-12(11)16(18)20)22-10-5-3-9(21-2)4-6-10/h3-8H,17H2,1-2H3. The van der Waals surface area contributed by atoms with Crippen molar-refractivity contribution in [1.29, 1.82) is 0 Å². The molecule has 0 radical (unpaired) electrons. The predicted molar refractivity (Wildman–Crippen MR) is 84.4 cm³/mol. The number of rotatable bonds is 3. The van der Waals surface area contributed by atoms with Crippen LogP contribution in [0.1, 0.15) is 20.7 Å². The summed E-state index contributed by atoms with van der Waals surface area (Å²) < 4.78 is 5.12. The van der Waals surface area contributed by atoms with Crippen LogP contribution in [0.3, 0.4) is 0 Å². The summed E-state index contributed by atoms with van der Waals surface area (Å²) in [6, 6.07) is 10.8. The van der Waals surface area contributed by atoms with Crippen LogP contribution in [0.2, 0.25) is 0 Å². The maximum Gasteiger partial charge on any atom is 0.261 e. The first-order valence-corrected chi connectivity index (χ1v) is 7.40. The van der Waals surface area contributed by atoms with Gasteiger partial charge in [-0.3, -0.25) is 14.5 Å². The van der Waals surface area contributed by atoms with Crippen LogP contribution in [-0.4, -0.2) is 30.9 Å². The zero-order valence-corrected chi connectivity index (χ0v) is 12.9. The maximum atomic E-state index is 12.0. The van der Waals surface area contributed by atoms with E-state index in [1.807, 2.05) is 24.3 Å². The van der Waals surface area contributed by atoms with Crippen molar-refractivity contribution < 1.29 is 14.3 Å². The molecule has 22 heavy (non-hydrogen) atoms. The molecule has 0 aromatic heterocycles. The average molecular weight is 314 g/mol. The second-order valence-corrected chi connectivity index (χ2v) is 6.00. The van der Waals surface area contributed by atoms with E-state index in [2.05, 4.69) is 0 Å². The number of nitrogens with two attached hydrogens (primary N) is 1. The summed E-state index contributed by atoms with van der Waals surface area (Å²) in [5, 5.41) is 0. The lowest BCUT2D eigenvalue weighted by atomic mass is 10.1. The molecular formula is C16H14N2O3S. The Balaban J connectivity index is 1.95. The molecule has 2 aromatic rings. The van der Waals surface area contributed by atoms with Crippen molar-refractivity contribution in [2.75, 3.05) is 19.9 Å². The first-order valence-electron chi connectivity index (χ1n) is 6.59. The average Bonchev–Trinajstić information content (AvgIpc) is 2.73. The first kappa shape index (κ1) is 14.5. The number of carbonyl (C=O) groups is 2. The highest BCUT2D eigenvalue weighted by atomic mass is 32.2. The van der Waals surface area contributed by atoms with Gasteiger partial charge in [0.05, 0.1) is 18.2 Å². The molecule has 5 nitrogen and oxygen atoms in total. The molecule has 0 atom stereocenters. The van der Waals surface area contributed by atoms with Gasteiger partial charge in [0.1, 0.15) is 5.75 Å². The van der Waals surface area contributed by atoms with E-state index in [0.29, 0.717) is 16.8 Å². The number of amides is 2. The summed E-state index contributed by atoms with van der Waals surface area (Å²) in [7, 11) is 3.08. The number of hydrogen-bond acceptors (Lipinski definition) is 5. The zero-order valence-electron chi connectivity index (χ0n) is 12.1.